The smallest absolute Gasteiger partial charge is 0.260 e. The number of carbonyl (C=O) groups excluding carboxylic acids is 2. The van der Waals surface area contributed by atoms with Crippen LogP contribution in [0.3, 0.4) is 0 Å². The van der Waals surface area contributed by atoms with Gasteiger partial charge in [0.2, 0.25) is 5.91 Å². The van der Waals surface area contributed by atoms with Gasteiger partial charge in [-0.3, -0.25) is 9.59 Å². The molecule has 2 amide bonds. The van der Waals surface area contributed by atoms with E-state index in [-0.39, 0.29) is 19.1 Å². The second-order valence-corrected chi connectivity index (χ2v) is 5.35. The Morgan fingerprint density at radius 3 is 2.76 bits per heavy atom. The van der Waals surface area contributed by atoms with Crippen molar-refractivity contribution in [2.75, 3.05) is 24.7 Å². The summed E-state index contributed by atoms with van der Waals surface area (Å²) in [6, 6.07) is 7.01. The summed E-state index contributed by atoms with van der Waals surface area (Å²) >= 11 is 0. The number of benzene rings is 1. The number of carbonyl (C=O) groups is 2. The van der Waals surface area contributed by atoms with E-state index in [0.717, 1.165) is 0 Å². The van der Waals surface area contributed by atoms with Gasteiger partial charge in [0.25, 0.3) is 5.91 Å². The highest BCUT2D eigenvalue weighted by molar-refractivity contribution is 6.02. The number of amides is 2. The minimum Gasteiger partial charge on any atom is -0.477 e. The van der Waals surface area contributed by atoms with Crippen LogP contribution in [0.4, 0.5) is 5.69 Å². The first-order valence-corrected chi connectivity index (χ1v) is 6.75. The summed E-state index contributed by atoms with van der Waals surface area (Å²) in [5.74, 6) is -0.443. The SMILES string of the molecule is NC(=O)C1CN(C(=O)C2(N)CCOC2)c2ccccc2O1. The van der Waals surface area contributed by atoms with Crippen molar-refractivity contribution < 1.29 is 19.1 Å². The fourth-order valence-electron chi connectivity index (χ4n) is 2.59. The molecule has 1 aromatic carbocycles. The van der Waals surface area contributed by atoms with E-state index in [1.165, 1.54) is 4.90 Å². The molecule has 1 saturated heterocycles. The van der Waals surface area contributed by atoms with Crippen LogP contribution in [0.2, 0.25) is 0 Å². The molecule has 112 valence electrons. The zero-order valence-electron chi connectivity index (χ0n) is 11.5. The van der Waals surface area contributed by atoms with E-state index in [0.29, 0.717) is 24.5 Å². The van der Waals surface area contributed by atoms with Crippen molar-refractivity contribution in [2.24, 2.45) is 11.5 Å². The van der Waals surface area contributed by atoms with Crippen LogP contribution in [0.15, 0.2) is 24.3 Å². The Balaban J connectivity index is 1.96. The van der Waals surface area contributed by atoms with Gasteiger partial charge in [-0.1, -0.05) is 12.1 Å². The minimum absolute atomic E-state index is 0.0597. The third-order valence-corrected chi connectivity index (χ3v) is 3.81. The van der Waals surface area contributed by atoms with Crippen molar-refractivity contribution in [1.29, 1.82) is 0 Å². The Labute approximate surface area is 121 Å². The molecule has 2 heterocycles. The number of para-hydroxylation sites is 2. The summed E-state index contributed by atoms with van der Waals surface area (Å²) in [6.07, 6.45) is -0.429. The maximum atomic E-state index is 12.8. The lowest BCUT2D eigenvalue weighted by atomic mass is 9.97. The fourth-order valence-corrected chi connectivity index (χ4v) is 2.59. The van der Waals surface area contributed by atoms with E-state index in [1.807, 2.05) is 0 Å². The van der Waals surface area contributed by atoms with Crippen molar-refractivity contribution in [3.8, 4) is 5.75 Å². The van der Waals surface area contributed by atoms with Crippen LogP contribution in [0.5, 0.6) is 5.75 Å². The predicted octanol–water partition coefficient (Wildman–Crippen LogP) is -0.616. The van der Waals surface area contributed by atoms with E-state index >= 15 is 0 Å². The number of hydrogen-bond acceptors (Lipinski definition) is 5. The molecule has 2 atom stereocenters. The molecular formula is C14H17N3O4. The van der Waals surface area contributed by atoms with Crippen LogP contribution in [-0.2, 0) is 14.3 Å². The van der Waals surface area contributed by atoms with Gasteiger partial charge in [0.1, 0.15) is 11.3 Å². The van der Waals surface area contributed by atoms with Gasteiger partial charge in [0.05, 0.1) is 18.8 Å². The number of anilines is 1. The van der Waals surface area contributed by atoms with E-state index in [1.54, 1.807) is 24.3 Å². The van der Waals surface area contributed by atoms with E-state index < -0.39 is 17.6 Å². The molecule has 1 aromatic rings. The summed E-state index contributed by atoms with van der Waals surface area (Å²) in [5, 5.41) is 0. The van der Waals surface area contributed by atoms with E-state index in [9.17, 15) is 9.59 Å². The molecule has 0 bridgehead atoms. The van der Waals surface area contributed by atoms with Crippen molar-refractivity contribution in [3.63, 3.8) is 0 Å². The van der Waals surface area contributed by atoms with Crippen molar-refractivity contribution in [1.82, 2.24) is 0 Å². The normalized spacial score (nSPS) is 27.9. The molecule has 3 rings (SSSR count). The first-order chi connectivity index (χ1) is 10.0. The Kier molecular flexibility index (Phi) is 3.30. The third-order valence-electron chi connectivity index (χ3n) is 3.81. The average molecular weight is 291 g/mol. The van der Waals surface area contributed by atoms with Gasteiger partial charge in [0, 0.05) is 6.61 Å². The Bertz CT molecular complexity index is 583. The van der Waals surface area contributed by atoms with Crippen LogP contribution in [0, 0.1) is 0 Å². The zero-order chi connectivity index (χ0) is 15.0. The van der Waals surface area contributed by atoms with Gasteiger partial charge in [-0.2, -0.15) is 0 Å². The highest BCUT2D eigenvalue weighted by atomic mass is 16.5. The molecule has 0 aromatic heterocycles. The van der Waals surface area contributed by atoms with E-state index in [4.69, 9.17) is 20.9 Å². The molecule has 0 aliphatic carbocycles. The van der Waals surface area contributed by atoms with Gasteiger partial charge in [-0.25, -0.2) is 0 Å². The second-order valence-electron chi connectivity index (χ2n) is 5.35. The summed E-state index contributed by atoms with van der Waals surface area (Å²) in [7, 11) is 0. The lowest BCUT2D eigenvalue weighted by Gasteiger charge is -2.37. The van der Waals surface area contributed by atoms with Crippen LogP contribution in [-0.4, -0.2) is 43.2 Å². The maximum Gasteiger partial charge on any atom is 0.260 e. The fraction of sp³-hybridized carbons (Fsp3) is 0.429. The Hall–Kier alpha value is -2.12. The maximum absolute atomic E-state index is 12.8. The van der Waals surface area contributed by atoms with Crippen LogP contribution in [0.25, 0.3) is 0 Å². The quantitative estimate of drug-likeness (QED) is 0.755. The predicted molar refractivity (Wildman–Crippen MR) is 74.8 cm³/mol. The highest BCUT2D eigenvalue weighted by Gasteiger charge is 2.44. The van der Waals surface area contributed by atoms with Gasteiger partial charge in [0.15, 0.2) is 6.10 Å². The number of hydrogen-bond donors (Lipinski definition) is 2. The first-order valence-electron chi connectivity index (χ1n) is 6.75. The number of ether oxygens (including phenoxy) is 2. The molecule has 2 unspecified atom stereocenters. The molecule has 7 nitrogen and oxygen atoms in total. The van der Waals surface area contributed by atoms with Crippen LogP contribution in [0.1, 0.15) is 6.42 Å². The number of primary amides is 1. The second kappa shape index (κ2) is 5.01. The number of fused-ring (bicyclic) bond motifs is 1. The molecule has 0 radical (unpaired) electrons. The molecule has 4 N–H and O–H groups in total. The third kappa shape index (κ3) is 2.34. The zero-order valence-corrected chi connectivity index (χ0v) is 11.5. The van der Waals surface area contributed by atoms with Gasteiger partial charge in [-0.05, 0) is 18.6 Å². The van der Waals surface area contributed by atoms with Gasteiger partial charge >= 0.3 is 0 Å². The van der Waals surface area contributed by atoms with Crippen molar-refractivity contribution in [3.05, 3.63) is 24.3 Å². The molecule has 0 spiro atoms. The monoisotopic (exact) mass is 291 g/mol. The van der Waals surface area contributed by atoms with Crippen LogP contribution < -0.4 is 21.1 Å². The number of nitrogens with zero attached hydrogens (tertiary/aromatic N) is 1. The summed E-state index contributed by atoms with van der Waals surface area (Å²) in [4.78, 5) is 25.7. The molecule has 7 heteroatoms. The minimum atomic E-state index is -1.06. The molecule has 1 fully saturated rings. The molecule has 2 aliphatic heterocycles. The highest BCUT2D eigenvalue weighted by Crippen LogP contribution is 2.35. The Morgan fingerprint density at radius 2 is 2.10 bits per heavy atom. The summed E-state index contributed by atoms with van der Waals surface area (Å²) < 4.78 is 10.8. The van der Waals surface area contributed by atoms with Gasteiger partial charge < -0.3 is 25.8 Å². The van der Waals surface area contributed by atoms with Crippen molar-refractivity contribution >= 4 is 17.5 Å². The lowest BCUT2D eigenvalue weighted by Crippen LogP contribution is -2.60. The van der Waals surface area contributed by atoms with E-state index in [2.05, 4.69) is 0 Å². The van der Waals surface area contributed by atoms with Crippen molar-refractivity contribution in [2.45, 2.75) is 18.1 Å². The molecular weight excluding hydrogens is 274 g/mol. The lowest BCUT2D eigenvalue weighted by molar-refractivity contribution is -0.126. The first kappa shape index (κ1) is 13.8. The summed E-state index contributed by atoms with van der Waals surface area (Å²) in [6.45, 7) is 0.685. The number of rotatable bonds is 2. The molecule has 0 saturated carbocycles. The standard InChI is InChI=1S/C14H17N3O4/c15-12(18)11-7-17(9-3-1-2-4-10(9)21-11)13(19)14(16)5-6-20-8-14/h1-4,11H,5-8,16H2,(H2,15,18). The van der Waals surface area contributed by atoms with Gasteiger partial charge in [-0.15, -0.1) is 0 Å². The number of nitrogens with two attached hydrogens (primary N) is 2. The van der Waals surface area contributed by atoms with Crippen LogP contribution >= 0.6 is 0 Å². The molecule has 2 aliphatic rings. The summed E-state index contributed by atoms with van der Waals surface area (Å²) in [5.41, 5.74) is 11.0. The molecule has 21 heavy (non-hydrogen) atoms. The largest absolute Gasteiger partial charge is 0.477 e. The topological polar surface area (TPSA) is 108 Å². The average Bonchev–Trinajstić information content (AvgIpc) is 2.93. The Morgan fingerprint density at radius 1 is 1.33 bits per heavy atom.